The Bertz CT molecular complexity index is 399. The third kappa shape index (κ3) is 3.84. The van der Waals surface area contributed by atoms with Gasteiger partial charge in [0.15, 0.2) is 0 Å². The van der Waals surface area contributed by atoms with Crippen LogP contribution in [0.15, 0.2) is 24.3 Å². The summed E-state index contributed by atoms with van der Waals surface area (Å²) < 4.78 is 0. The normalized spacial score (nSPS) is 23.7. The molecule has 0 spiro atoms. The summed E-state index contributed by atoms with van der Waals surface area (Å²) in [6.45, 7) is 6.22. The number of hydrogen-bond acceptors (Lipinski definition) is 2. The van der Waals surface area contributed by atoms with Gasteiger partial charge in [0.05, 0.1) is 6.42 Å². The summed E-state index contributed by atoms with van der Waals surface area (Å²) in [7, 11) is 0. The molecule has 1 heterocycles. The monoisotopic (exact) mass is 246 g/mol. The fourth-order valence-corrected chi connectivity index (χ4v) is 2.44. The maximum Gasteiger partial charge on any atom is 0.224 e. The number of piperidine rings is 1. The predicted molar refractivity (Wildman–Crippen MR) is 73.5 cm³/mol. The van der Waals surface area contributed by atoms with Gasteiger partial charge in [0.25, 0.3) is 0 Å². The highest BCUT2D eigenvalue weighted by molar-refractivity contribution is 5.78. The first-order valence-corrected chi connectivity index (χ1v) is 6.69. The van der Waals surface area contributed by atoms with Crippen LogP contribution < -0.4 is 10.6 Å². The van der Waals surface area contributed by atoms with Crippen LogP contribution in [0.25, 0.3) is 0 Å². The zero-order valence-electron chi connectivity index (χ0n) is 11.2. The van der Waals surface area contributed by atoms with Crippen LogP contribution in [-0.2, 0) is 11.2 Å². The predicted octanol–water partition coefficient (Wildman–Crippen LogP) is 1.65. The molecule has 1 aromatic rings. The average molecular weight is 246 g/mol. The van der Waals surface area contributed by atoms with E-state index < -0.39 is 0 Å². The van der Waals surface area contributed by atoms with Crippen molar-refractivity contribution in [3.8, 4) is 0 Å². The Hall–Kier alpha value is -1.35. The lowest BCUT2D eigenvalue weighted by Gasteiger charge is -2.28. The molecule has 2 unspecified atom stereocenters. The van der Waals surface area contributed by atoms with Crippen molar-refractivity contribution in [3.05, 3.63) is 35.4 Å². The van der Waals surface area contributed by atoms with Crippen molar-refractivity contribution in [1.82, 2.24) is 10.6 Å². The van der Waals surface area contributed by atoms with Crippen LogP contribution in [0.2, 0.25) is 0 Å². The lowest BCUT2D eigenvalue weighted by Crippen LogP contribution is -2.48. The molecule has 0 aliphatic carbocycles. The number of hydrogen-bond donors (Lipinski definition) is 2. The maximum absolute atomic E-state index is 11.9. The molecule has 0 bridgehead atoms. The molecule has 1 amide bonds. The van der Waals surface area contributed by atoms with E-state index in [9.17, 15) is 4.79 Å². The van der Waals surface area contributed by atoms with Crippen LogP contribution >= 0.6 is 0 Å². The number of benzene rings is 1. The van der Waals surface area contributed by atoms with Gasteiger partial charge in [-0.1, -0.05) is 36.8 Å². The molecule has 3 nitrogen and oxygen atoms in total. The largest absolute Gasteiger partial charge is 0.352 e. The number of carbonyl (C=O) groups excluding carboxylic acids is 1. The van der Waals surface area contributed by atoms with Gasteiger partial charge in [-0.15, -0.1) is 0 Å². The van der Waals surface area contributed by atoms with Gasteiger partial charge in [0.1, 0.15) is 0 Å². The quantitative estimate of drug-likeness (QED) is 0.851. The van der Waals surface area contributed by atoms with Gasteiger partial charge in [-0.25, -0.2) is 0 Å². The zero-order valence-corrected chi connectivity index (χ0v) is 11.2. The van der Waals surface area contributed by atoms with E-state index in [0.29, 0.717) is 12.3 Å². The number of amides is 1. The summed E-state index contributed by atoms with van der Waals surface area (Å²) in [6.07, 6.45) is 1.55. The first-order chi connectivity index (χ1) is 8.63. The minimum Gasteiger partial charge on any atom is -0.352 e. The highest BCUT2D eigenvalue weighted by Gasteiger charge is 2.19. The van der Waals surface area contributed by atoms with Crippen molar-refractivity contribution in [1.29, 1.82) is 0 Å². The van der Waals surface area contributed by atoms with E-state index in [2.05, 4.69) is 24.5 Å². The minimum absolute atomic E-state index is 0.125. The molecule has 1 aliphatic heterocycles. The van der Waals surface area contributed by atoms with E-state index in [4.69, 9.17) is 0 Å². The first kappa shape index (κ1) is 13.1. The molecular weight excluding hydrogens is 224 g/mol. The standard InChI is InChI=1S/C15H22N2O/c1-11-3-5-13(6-4-11)8-15(18)17-14-7-12(2)9-16-10-14/h3-6,12,14,16H,7-10H2,1-2H3,(H,17,18). The van der Waals surface area contributed by atoms with Crippen molar-refractivity contribution in [2.75, 3.05) is 13.1 Å². The van der Waals surface area contributed by atoms with Crippen LogP contribution in [-0.4, -0.2) is 25.0 Å². The van der Waals surface area contributed by atoms with Gasteiger partial charge in [-0.05, 0) is 31.4 Å². The SMILES string of the molecule is Cc1ccc(CC(=O)NC2CNCC(C)C2)cc1. The van der Waals surface area contributed by atoms with Crippen molar-refractivity contribution < 1.29 is 4.79 Å². The molecule has 2 N–H and O–H groups in total. The molecule has 2 rings (SSSR count). The van der Waals surface area contributed by atoms with E-state index in [1.165, 1.54) is 5.56 Å². The second-order valence-electron chi connectivity index (χ2n) is 5.43. The summed E-state index contributed by atoms with van der Waals surface area (Å²) >= 11 is 0. The molecule has 18 heavy (non-hydrogen) atoms. The molecule has 1 saturated heterocycles. The van der Waals surface area contributed by atoms with Gasteiger partial charge in [-0.2, -0.15) is 0 Å². The molecule has 1 fully saturated rings. The highest BCUT2D eigenvalue weighted by atomic mass is 16.1. The molecule has 98 valence electrons. The Morgan fingerprint density at radius 2 is 2.06 bits per heavy atom. The fourth-order valence-electron chi connectivity index (χ4n) is 2.44. The number of aryl methyl sites for hydroxylation is 1. The highest BCUT2D eigenvalue weighted by Crippen LogP contribution is 2.10. The molecule has 0 radical (unpaired) electrons. The molecule has 0 aromatic heterocycles. The van der Waals surface area contributed by atoms with Crippen molar-refractivity contribution >= 4 is 5.91 Å². The summed E-state index contributed by atoms with van der Waals surface area (Å²) in [5.41, 5.74) is 2.30. The summed E-state index contributed by atoms with van der Waals surface area (Å²) in [6, 6.07) is 8.43. The maximum atomic E-state index is 11.9. The Balaban J connectivity index is 1.83. The Labute approximate surface area is 109 Å². The van der Waals surface area contributed by atoms with Crippen molar-refractivity contribution in [2.45, 2.75) is 32.7 Å². The summed E-state index contributed by atoms with van der Waals surface area (Å²) in [5, 5.41) is 6.46. The third-order valence-electron chi connectivity index (χ3n) is 3.42. The molecule has 2 atom stereocenters. The van der Waals surface area contributed by atoms with Gasteiger partial charge >= 0.3 is 0 Å². The second-order valence-corrected chi connectivity index (χ2v) is 5.43. The molecular formula is C15H22N2O. The van der Waals surface area contributed by atoms with Crippen molar-refractivity contribution in [3.63, 3.8) is 0 Å². The first-order valence-electron chi connectivity index (χ1n) is 6.69. The molecule has 3 heteroatoms. The van der Waals surface area contributed by atoms with E-state index in [0.717, 1.165) is 25.1 Å². The Kier molecular flexibility index (Phi) is 4.37. The van der Waals surface area contributed by atoms with E-state index in [1.807, 2.05) is 24.3 Å². The fraction of sp³-hybridized carbons (Fsp3) is 0.533. The van der Waals surface area contributed by atoms with Crippen LogP contribution in [0.3, 0.4) is 0 Å². The topological polar surface area (TPSA) is 41.1 Å². The number of rotatable bonds is 3. The molecule has 1 aromatic carbocycles. The van der Waals surface area contributed by atoms with Crippen molar-refractivity contribution in [2.24, 2.45) is 5.92 Å². The average Bonchev–Trinajstić information content (AvgIpc) is 2.32. The van der Waals surface area contributed by atoms with Gasteiger partial charge < -0.3 is 10.6 Å². The summed E-state index contributed by atoms with van der Waals surface area (Å²) in [4.78, 5) is 11.9. The van der Waals surface area contributed by atoms with Crippen LogP contribution in [0.4, 0.5) is 0 Å². The third-order valence-corrected chi connectivity index (χ3v) is 3.42. The lowest BCUT2D eigenvalue weighted by atomic mass is 9.97. The van der Waals surface area contributed by atoms with E-state index in [-0.39, 0.29) is 11.9 Å². The smallest absolute Gasteiger partial charge is 0.224 e. The van der Waals surface area contributed by atoms with Gasteiger partial charge in [-0.3, -0.25) is 4.79 Å². The molecule has 1 aliphatic rings. The van der Waals surface area contributed by atoms with Crippen LogP contribution in [0, 0.1) is 12.8 Å². The van der Waals surface area contributed by atoms with Crippen LogP contribution in [0.5, 0.6) is 0 Å². The Morgan fingerprint density at radius 1 is 1.33 bits per heavy atom. The van der Waals surface area contributed by atoms with E-state index in [1.54, 1.807) is 0 Å². The van der Waals surface area contributed by atoms with E-state index >= 15 is 0 Å². The van der Waals surface area contributed by atoms with Gasteiger partial charge in [0, 0.05) is 12.6 Å². The minimum atomic E-state index is 0.125. The summed E-state index contributed by atoms with van der Waals surface area (Å²) in [5.74, 6) is 0.767. The van der Waals surface area contributed by atoms with Crippen LogP contribution in [0.1, 0.15) is 24.5 Å². The van der Waals surface area contributed by atoms with Gasteiger partial charge in [0.2, 0.25) is 5.91 Å². The zero-order chi connectivity index (χ0) is 13.0. The second kappa shape index (κ2) is 6.01. The lowest BCUT2D eigenvalue weighted by molar-refractivity contribution is -0.121. The molecule has 0 saturated carbocycles. The number of nitrogens with one attached hydrogen (secondary N) is 2. The number of carbonyl (C=O) groups is 1. The Morgan fingerprint density at radius 3 is 2.72 bits per heavy atom.